The van der Waals surface area contributed by atoms with Gasteiger partial charge >= 0.3 is 0 Å². The highest BCUT2D eigenvalue weighted by atomic mass is 32.2. The number of nitrogens with zero attached hydrogens (tertiary/aromatic N) is 2. The number of aliphatic hydroxyl groups is 1. The molecule has 0 radical (unpaired) electrons. The third-order valence-electron chi connectivity index (χ3n) is 11.8. The lowest BCUT2D eigenvalue weighted by Gasteiger charge is -2.45. The molecule has 3 aliphatic rings. The number of carbonyl (C=O) groups is 2. The molecule has 8 rings (SSSR count). The van der Waals surface area contributed by atoms with Crippen molar-refractivity contribution >= 4 is 33.2 Å². The molecule has 0 aromatic heterocycles. The number of carbonyl (C=O) groups excluding carboxylic acids is 2. The fraction of sp³-hybridized carbons (Fsp3) is 0.319. The van der Waals surface area contributed by atoms with Crippen LogP contribution in [-0.2, 0) is 42.1 Å². The lowest BCUT2D eigenvalue weighted by Crippen LogP contribution is -2.57. The molecule has 4 atom stereocenters. The summed E-state index contributed by atoms with van der Waals surface area (Å²) in [7, 11) is -4.01. The summed E-state index contributed by atoms with van der Waals surface area (Å²) in [4.78, 5) is 31.8. The average molecular weight is 830 g/mol. The molecule has 3 heterocycles. The van der Waals surface area contributed by atoms with Crippen LogP contribution in [0.15, 0.2) is 138 Å². The predicted octanol–water partition coefficient (Wildman–Crippen LogP) is 5.99. The smallest absolute Gasteiger partial charge is 0.247 e. The van der Waals surface area contributed by atoms with Crippen LogP contribution in [0.3, 0.4) is 0 Å². The predicted molar refractivity (Wildman–Crippen MR) is 229 cm³/mol. The van der Waals surface area contributed by atoms with E-state index in [2.05, 4.69) is 37.3 Å². The lowest BCUT2D eigenvalue weighted by molar-refractivity contribution is -0.253. The Morgan fingerprint density at radius 1 is 0.833 bits per heavy atom. The van der Waals surface area contributed by atoms with E-state index in [1.54, 1.807) is 24.3 Å². The second kappa shape index (κ2) is 18.1. The van der Waals surface area contributed by atoms with E-state index in [1.165, 1.54) is 12.1 Å². The number of rotatable bonds is 13. The average Bonchev–Trinajstić information content (AvgIpc) is 3.59. The number of anilines is 2. The maximum absolute atomic E-state index is 13.8. The zero-order valence-corrected chi connectivity index (χ0v) is 34.4. The Morgan fingerprint density at radius 2 is 1.48 bits per heavy atom. The van der Waals surface area contributed by atoms with Crippen LogP contribution in [0.1, 0.15) is 59.5 Å². The van der Waals surface area contributed by atoms with Gasteiger partial charge in [0, 0.05) is 43.0 Å². The van der Waals surface area contributed by atoms with E-state index < -0.39 is 33.8 Å². The summed E-state index contributed by atoms with van der Waals surface area (Å²) in [5.41, 5.74) is 5.22. The molecule has 312 valence electrons. The number of aryl methyl sites for hydroxylation is 1. The Bertz CT molecular complexity index is 2340. The number of ether oxygens (including phenoxy) is 2. The summed E-state index contributed by atoms with van der Waals surface area (Å²) in [5, 5.41) is 15.7. The van der Waals surface area contributed by atoms with Gasteiger partial charge in [-0.3, -0.25) is 9.59 Å². The molecule has 13 heteroatoms. The summed E-state index contributed by atoms with van der Waals surface area (Å²) in [6, 6.07) is 39.8. The van der Waals surface area contributed by atoms with E-state index in [1.807, 2.05) is 91.9 Å². The van der Waals surface area contributed by atoms with E-state index in [-0.39, 0.29) is 36.0 Å². The largest absolute Gasteiger partial charge is 0.392 e. The summed E-state index contributed by atoms with van der Waals surface area (Å²) in [6.07, 6.45) is 0.960. The first-order chi connectivity index (χ1) is 29.1. The van der Waals surface area contributed by atoms with Crippen LogP contribution < -0.4 is 20.3 Å². The van der Waals surface area contributed by atoms with Crippen molar-refractivity contribution in [1.29, 1.82) is 0 Å². The van der Waals surface area contributed by atoms with Crippen LogP contribution in [0.25, 0.3) is 0 Å². The van der Waals surface area contributed by atoms with E-state index >= 15 is 0 Å². The van der Waals surface area contributed by atoms with Crippen molar-refractivity contribution in [3.63, 3.8) is 0 Å². The Morgan fingerprint density at radius 3 is 2.15 bits per heavy atom. The molecule has 3 aliphatic heterocycles. The minimum absolute atomic E-state index is 0.0507. The summed E-state index contributed by atoms with van der Waals surface area (Å²) in [6.45, 7) is 4.45. The molecular weight excluding hydrogens is 779 g/mol. The Labute approximate surface area is 351 Å². The van der Waals surface area contributed by atoms with Crippen molar-refractivity contribution < 1.29 is 32.6 Å². The summed E-state index contributed by atoms with van der Waals surface area (Å²) >= 11 is 0. The third-order valence-corrected chi connectivity index (χ3v) is 13.3. The van der Waals surface area contributed by atoms with Gasteiger partial charge in [-0.2, -0.15) is 4.72 Å². The minimum atomic E-state index is -4.01. The SMILES string of the molecule is Cc1ccc(S(=O)(=O)NC(Cc2ccccc2)C(=O)Nc2ccc(C3OC(CN4CCC5(CC4)C(=O)NCN5c4ccccc4)CC(c4ccc(CO)cc4)O3)cc2)cc1. The zero-order chi connectivity index (χ0) is 41.7. The van der Waals surface area contributed by atoms with Crippen LogP contribution in [0, 0.1) is 6.92 Å². The number of piperidine rings is 1. The fourth-order valence-electron chi connectivity index (χ4n) is 8.42. The van der Waals surface area contributed by atoms with E-state index in [0.29, 0.717) is 38.2 Å². The standard InChI is InChI=1S/C47H51N5O7S/c1-33-12-22-41(23-13-33)60(56,57)50-42(28-34-8-4-2-5-9-34)44(54)49-38-20-18-37(19-21-38)45-58-40(29-43(59-45)36-16-14-35(31-53)15-17-36)30-51-26-24-47(25-27-51)46(55)48-32-52(47)39-10-6-3-7-11-39/h2-23,40,42-43,45,50,53H,24-32H2,1H3,(H,48,55)(H,49,54). The molecule has 4 N–H and O–H groups in total. The molecule has 0 saturated carbocycles. The minimum Gasteiger partial charge on any atom is -0.392 e. The Hall–Kier alpha value is -5.41. The molecule has 2 amide bonds. The van der Waals surface area contributed by atoms with Crippen LogP contribution in [0.5, 0.6) is 0 Å². The number of hydrogen-bond donors (Lipinski definition) is 4. The number of nitrogens with one attached hydrogen (secondary N) is 3. The Kier molecular flexibility index (Phi) is 12.4. The number of benzene rings is 5. The highest BCUT2D eigenvalue weighted by Crippen LogP contribution is 2.40. The van der Waals surface area contributed by atoms with Gasteiger partial charge in [0.2, 0.25) is 21.8 Å². The summed E-state index contributed by atoms with van der Waals surface area (Å²) in [5.74, 6) is -0.418. The zero-order valence-electron chi connectivity index (χ0n) is 33.6. The maximum Gasteiger partial charge on any atom is 0.247 e. The number of para-hydroxylation sites is 1. The molecule has 5 aromatic rings. The number of sulfonamides is 1. The van der Waals surface area contributed by atoms with Gasteiger partial charge in [-0.1, -0.05) is 103 Å². The van der Waals surface area contributed by atoms with Gasteiger partial charge in [0.25, 0.3) is 0 Å². The lowest BCUT2D eigenvalue weighted by atomic mass is 9.85. The molecule has 12 nitrogen and oxygen atoms in total. The molecule has 0 aliphatic carbocycles. The van der Waals surface area contributed by atoms with Gasteiger partial charge in [-0.15, -0.1) is 0 Å². The van der Waals surface area contributed by atoms with Crippen molar-refractivity contribution in [3.05, 3.63) is 161 Å². The van der Waals surface area contributed by atoms with Crippen molar-refractivity contribution in [3.8, 4) is 0 Å². The van der Waals surface area contributed by atoms with Crippen molar-refractivity contribution in [2.75, 3.05) is 36.5 Å². The second-order valence-corrected chi connectivity index (χ2v) is 17.6. The van der Waals surface area contributed by atoms with Crippen LogP contribution in [0.4, 0.5) is 11.4 Å². The molecule has 0 bridgehead atoms. The molecular formula is C47H51N5O7S. The number of hydrogen-bond acceptors (Lipinski definition) is 9. The van der Waals surface area contributed by atoms with E-state index in [9.17, 15) is 23.1 Å². The van der Waals surface area contributed by atoms with Crippen LogP contribution in [0.2, 0.25) is 0 Å². The first kappa shape index (κ1) is 41.3. The maximum atomic E-state index is 13.8. The monoisotopic (exact) mass is 829 g/mol. The molecule has 5 aromatic carbocycles. The topological polar surface area (TPSA) is 150 Å². The highest BCUT2D eigenvalue weighted by molar-refractivity contribution is 7.89. The molecule has 3 fully saturated rings. The van der Waals surface area contributed by atoms with Crippen molar-refractivity contribution in [1.82, 2.24) is 14.9 Å². The Balaban J connectivity index is 0.965. The van der Waals surface area contributed by atoms with Gasteiger partial charge in [-0.05, 0) is 79.3 Å². The van der Waals surface area contributed by atoms with Gasteiger partial charge < -0.3 is 35.0 Å². The van der Waals surface area contributed by atoms with Gasteiger partial charge in [0.05, 0.1) is 30.4 Å². The number of aliphatic hydroxyl groups excluding tert-OH is 1. The van der Waals surface area contributed by atoms with E-state index in [4.69, 9.17) is 9.47 Å². The molecule has 4 unspecified atom stereocenters. The van der Waals surface area contributed by atoms with Crippen molar-refractivity contribution in [2.45, 2.75) is 74.2 Å². The fourth-order valence-corrected chi connectivity index (χ4v) is 9.62. The number of likely N-dealkylation sites (tertiary alicyclic amines) is 1. The first-order valence-electron chi connectivity index (χ1n) is 20.5. The molecule has 3 saturated heterocycles. The van der Waals surface area contributed by atoms with Gasteiger partial charge in [0.1, 0.15) is 11.6 Å². The van der Waals surface area contributed by atoms with Crippen LogP contribution >= 0.6 is 0 Å². The third kappa shape index (κ3) is 9.31. The first-order valence-corrected chi connectivity index (χ1v) is 21.9. The second-order valence-electron chi connectivity index (χ2n) is 15.9. The highest BCUT2D eigenvalue weighted by Gasteiger charge is 2.50. The van der Waals surface area contributed by atoms with E-state index in [0.717, 1.165) is 46.6 Å². The van der Waals surface area contributed by atoms with Gasteiger partial charge in [-0.25, -0.2) is 8.42 Å². The number of amides is 2. The van der Waals surface area contributed by atoms with Crippen LogP contribution in [-0.4, -0.2) is 74.2 Å². The summed E-state index contributed by atoms with van der Waals surface area (Å²) < 4.78 is 42.8. The molecule has 60 heavy (non-hydrogen) atoms. The normalized spacial score (nSPS) is 21.1. The van der Waals surface area contributed by atoms with Crippen molar-refractivity contribution in [2.24, 2.45) is 0 Å². The van der Waals surface area contributed by atoms with Gasteiger partial charge in [0.15, 0.2) is 6.29 Å². The quantitative estimate of drug-likeness (QED) is 0.112. The molecule has 1 spiro atoms.